The zero-order chi connectivity index (χ0) is 11.8. The highest BCUT2D eigenvalue weighted by molar-refractivity contribution is 5.04. The van der Waals surface area contributed by atoms with Gasteiger partial charge in [0, 0.05) is 12.8 Å². The van der Waals surface area contributed by atoms with E-state index in [0.29, 0.717) is 12.5 Å². The molecule has 3 heteroatoms. The van der Waals surface area contributed by atoms with Crippen LogP contribution in [0.15, 0.2) is 0 Å². The number of hydrogen-bond donors (Lipinski definition) is 1. The average Bonchev–Trinajstić information content (AvgIpc) is 2.25. The van der Waals surface area contributed by atoms with E-state index in [2.05, 4.69) is 6.92 Å². The molecule has 1 nitrogen and oxygen atoms in total. The highest BCUT2D eigenvalue weighted by Crippen LogP contribution is 2.58. The van der Waals surface area contributed by atoms with E-state index >= 15 is 0 Å². The average molecular weight is 231 g/mol. The van der Waals surface area contributed by atoms with Gasteiger partial charge >= 0.3 is 0 Å². The first-order valence-corrected chi connectivity index (χ1v) is 6.59. The highest BCUT2D eigenvalue weighted by atomic mass is 19.3. The van der Waals surface area contributed by atoms with Crippen molar-refractivity contribution in [1.82, 2.24) is 0 Å². The van der Waals surface area contributed by atoms with E-state index in [-0.39, 0.29) is 18.3 Å². The summed E-state index contributed by atoms with van der Waals surface area (Å²) in [5, 5.41) is 0. The molecule has 2 aliphatic carbocycles. The van der Waals surface area contributed by atoms with Crippen molar-refractivity contribution < 1.29 is 8.78 Å². The van der Waals surface area contributed by atoms with Crippen molar-refractivity contribution in [3.05, 3.63) is 0 Å². The first-order chi connectivity index (χ1) is 7.51. The lowest BCUT2D eigenvalue weighted by Crippen LogP contribution is -2.55. The van der Waals surface area contributed by atoms with Crippen LogP contribution in [0.4, 0.5) is 8.78 Å². The second-order valence-corrected chi connectivity index (χ2v) is 5.90. The predicted octanol–water partition coefficient (Wildman–Crippen LogP) is 3.58. The Morgan fingerprint density at radius 1 is 1.12 bits per heavy atom. The smallest absolute Gasteiger partial charge is 0.249 e. The van der Waals surface area contributed by atoms with E-state index in [9.17, 15) is 8.78 Å². The van der Waals surface area contributed by atoms with Gasteiger partial charge in [-0.15, -0.1) is 0 Å². The Balaban J connectivity index is 1.92. The lowest BCUT2D eigenvalue weighted by atomic mass is 9.55. The second kappa shape index (κ2) is 4.25. The maximum Gasteiger partial charge on any atom is 0.249 e. The normalized spacial score (nSPS) is 36.8. The molecule has 2 aliphatic rings. The fourth-order valence-corrected chi connectivity index (χ4v) is 3.76. The Hall–Kier alpha value is -0.180. The summed E-state index contributed by atoms with van der Waals surface area (Å²) >= 11 is 0. The molecule has 0 aromatic carbocycles. The first kappa shape index (κ1) is 12.3. The molecule has 16 heavy (non-hydrogen) atoms. The Morgan fingerprint density at radius 2 is 1.69 bits per heavy atom. The molecule has 94 valence electrons. The van der Waals surface area contributed by atoms with Gasteiger partial charge in [0.05, 0.1) is 0 Å². The van der Waals surface area contributed by atoms with Crippen LogP contribution in [-0.4, -0.2) is 12.5 Å². The summed E-state index contributed by atoms with van der Waals surface area (Å²) in [4.78, 5) is 0. The van der Waals surface area contributed by atoms with Gasteiger partial charge in [-0.05, 0) is 36.6 Å². The molecule has 0 aromatic rings. The molecule has 0 bridgehead atoms. The Labute approximate surface area is 96.8 Å². The molecule has 0 aliphatic heterocycles. The van der Waals surface area contributed by atoms with Crippen LogP contribution < -0.4 is 5.73 Å². The minimum absolute atomic E-state index is 0.0396. The van der Waals surface area contributed by atoms with Gasteiger partial charge in [0.1, 0.15) is 0 Å². The SMILES string of the molecule is CCC1CCC(C2(CN)CC(F)(F)C2)CC1. The van der Waals surface area contributed by atoms with Crippen LogP contribution in [-0.2, 0) is 0 Å². The zero-order valence-corrected chi connectivity index (χ0v) is 10.1. The summed E-state index contributed by atoms with van der Waals surface area (Å²) in [6.45, 7) is 2.67. The Morgan fingerprint density at radius 3 is 2.06 bits per heavy atom. The van der Waals surface area contributed by atoms with E-state index in [4.69, 9.17) is 5.73 Å². The summed E-state index contributed by atoms with van der Waals surface area (Å²) < 4.78 is 26.1. The molecule has 0 aromatic heterocycles. The van der Waals surface area contributed by atoms with Crippen molar-refractivity contribution in [3.63, 3.8) is 0 Å². The molecule has 0 saturated heterocycles. The van der Waals surface area contributed by atoms with Crippen LogP contribution in [0.3, 0.4) is 0 Å². The third-order valence-electron chi connectivity index (χ3n) is 4.92. The van der Waals surface area contributed by atoms with Gasteiger partial charge in [0.25, 0.3) is 0 Å². The second-order valence-electron chi connectivity index (χ2n) is 5.90. The van der Waals surface area contributed by atoms with Crippen molar-refractivity contribution in [2.45, 2.75) is 57.8 Å². The van der Waals surface area contributed by atoms with E-state index in [1.54, 1.807) is 0 Å². The number of nitrogens with two attached hydrogens (primary N) is 1. The van der Waals surface area contributed by atoms with Crippen molar-refractivity contribution >= 4 is 0 Å². The minimum Gasteiger partial charge on any atom is -0.330 e. The molecule has 0 spiro atoms. The summed E-state index contributed by atoms with van der Waals surface area (Å²) in [5.74, 6) is -1.15. The first-order valence-electron chi connectivity index (χ1n) is 6.59. The monoisotopic (exact) mass is 231 g/mol. The summed E-state index contributed by atoms with van der Waals surface area (Å²) in [6.07, 6.45) is 5.98. The molecular formula is C13H23F2N. The molecule has 2 rings (SSSR count). The number of halogens is 2. The van der Waals surface area contributed by atoms with Crippen LogP contribution >= 0.6 is 0 Å². The molecule has 0 atom stereocenters. The van der Waals surface area contributed by atoms with Crippen molar-refractivity contribution in [3.8, 4) is 0 Å². The predicted molar refractivity (Wildman–Crippen MR) is 61.4 cm³/mol. The van der Waals surface area contributed by atoms with Crippen LogP contribution in [0.1, 0.15) is 51.9 Å². The zero-order valence-electron chi connectivity index (χ0n) is 10.1. The maximum atomic E-state index is 13.1. The van der Waals surface area contributed by atoms with E-state index in [1.807, 2.05) is 0 Å². The largest absolute Gasteiger partial charge is 0.330 e. The summed E-state index contributed by atoms with van der Waals surface area (Å²) in [6, 6.07) is 0. The van der Waals surface area contributed by atoms with Gasteiger partial charge in [-0.1, -0.05) is 26.2 Å². The quantitative estimate of drug-likeness (QED) is 0.789. The fraction of sp³-hybridized carbons (Fsp3) is 1.00. The van der Waals surface area contributed by atoms with Crippen LogP contribution in [0, 0.1) is 17.3 Å². The van der Waals surface area contributed by atoms with Crippen molar-refractivity contribution in [2.75, 3.05) is 6.54 Å². The van der Waals surface area contributed by atoms with Crippen LogP contribution in [0.5, 0.6) is 0 Å². The van der Waals surface area contributed by atoms with Gasteiger partial charge < -0.3 is 5.73 Å². The molecule has 0 heterocycles. The third kappa shape index (κ3) is 2.11. The van der Waals surface area contributed by atoms with Gasteiger partial charge in [0.2, 0.25) is 5.92 Å². The van der Waals surface area contributed by atoms with Crippen molar-refractivity contribution in [1.29, 1.82) is 0 Å². The van der Waals surface area contributed by atoms with E-state index in [0.717, 1.165) is 18.8 Å². The van der Waals surface area contributed by atoms with Gasteiger partial charge in [0.15, 0.2) is 0 Å². The number of hydrogen-bond acceptors (Lipinski definition) is 1. The fourth-order valence-electron chi connectivity index (χ4n) is 3.76. The molecular weight excluding hydrogens is 208 g/mol. The lowest BCUT2D eigenvalue weighted by Gasteiger charge is -2.53. The van der Waals surface area contributed by atoms with Crippen LogP contribution in [0.25, 0.3) is 0 Å². The summed E-state index contributed by atoms with van der Waals surface area (Å²) in [5.41, 5.74) is 5.53. The molecule has 2 saturated carbocycles. The molecule has 0 radical (unpaired) electrons. The van der Waals surface area contributed by atoms with Gasteiger partial charge in [-0.2, -0.15) is 0 Å². The lowest BCUT2D eigenvalue weighted by molar-refractivity contribution is -0.184. The van der Waals surface area contributed by atoms with E-state index in [1.165, 1.54) is 19.3 Å². The molecule has 0 amide bonds. The van der Waals surface area contributed by atoms with Crippen LogP contribution in [0.2, 0.25) is 0 Å². The minimum atomic E-state index is -2.43. The molecule has 2 fully saturated rings. The highest BCUT2D eigenvalue weighted by Gasteiger charge is 2.58. The molecule has 2 N–H and O–H groups in total. The summed E-state index contributed by atoms with van der Waals surface area (Å²) in [7, 11) is 0. The third-order valence-corrected chi connectivity index (χ3v) is 4.92. The number of rotatable bonds is 3. The van der Waals surface area contributed by atoms with E-state index < -0.39 is 5.92 Å². The molecule has 0 unspecified atom stereocenters. The number of alkyl halides is 2. The Bertz CT molecular complexity index is 236. The standard InChI is InChI=1S/C13H23F2N/c1-2-10-3-5-11(6-4-10)12(9-16)7-13(14,15)8-12/h10-11H,2-9,16H2,1H3. The maximum absolute atomic E-state index is 13.1. The van der Waals surface area contributed by atoms with Crippen molar-refractivity contribution in [2.24, 2.45) is 23.0 Å². The van der Waals surface area contributed by atoms with Gasteiger partial charge in [-0.3, -0.25) is 0 Å². The van der Waals surface area contributed by atoms with Gasteiger partial charge in [-0.25, -0.2) is 8.78 Å². The topological polar surface area (TPSA) is 26.0 Å². The Kier molecular flexibility index (Phi) is 3.26.